The Morgan fingerprint density at radius 2 is 2.06 bits per heavy atom. The highest BCUT2D eigenvalue weighted by Crippen LogP contribution is 2.19. The van der Waals surface area contributed by atoms with Crippen molar-refractivity contribution >= 4 is 16.0 Å². The Morgan fingerprint density at radius 3 is 2.61 bits per heavy atom. The van der Waals surface area contributed by atoms with Crippen LogP contribution in [0.2, 0.25) is 0 Å². The fourth-order valence-electron chi connectivity index (χ4n) is 1.71. The average molecular weight is 275 g/mol. The van der Waals surface area contributed by atoms with Crippen LogP contribution in [-0.2, 0) is 21.8 Å². The zero-order chi connectivity index (χ0) is 13.3. The molecule has 0 radical (unpaired) electrons. The van der Waals surface area contributed by atoms with Crippen molar-refractivity contribution < 1.29 is 23.1 Å². The van der Waals surface area contributed by atoms with E-state index in [1.54, 1.807) is 0 Å². The van der Waals surface area contributed by atoms with Crippen LogP contribution < -0.4 is 0 Å². The number of aryl methyl sites for hydroxylation is 1. The number of hydrogen-bond acceptors (Lipinski definition) is 5. The third kappa shape index (κ3) is 2.24. The average Bonchev–Trinajstić information content (AvgIpc) is 2.73. The molecule has 9 heteroatoms. The number of aromatic carboxylic acids is 1. The monoisotopic (exact) mass is 275 g/mol. The van der Waals surface area contributed by atoms with E-state index in [0.29, 0.717) is 13.2 Å². The second kappa shape index (κ2) is 4.67. The van der Waals surface area contributed by atoms with Crippen LogP contribution in [0.3, 0.4) is 0 Å². The van der Waals surface area contributed by atoms with Crippen LogP contribution in [0.1, 0.15) is 10.4 Å². The molecule has 0 saturated carbocycles. The maximum absolute atomic E-state index is 12.3. The van der Waals surface area contributed by atoms with Crippen molar-refractivity contribution in [2.24, 2.45) is 7.05 Å². The summed E-state index contributed by atoms with van der Waals surface area (Å²) in [5, 5.41) is 12.3. The fraction of sp³-hybridized carbons (Fsp3) is 0.556. The lowest BCUT2D eigenvalue weighted by Gasteiger charge is -2.25. The minimum Gasteiger partial charge on any atom is -0.478 e. The highest BCUT2D eigenvalue weighted by atomic mass is 32.2. The highest BCUT2D eigenvalue weighted by molar-refractivity contribution is 7.89. The molecule has 0 spiro atoms. The Bertz CT molecular complexity index is 559. The number of rotatable bonds is 3. The van der Waals surface area contributed by atoms with E-state index in [4.69, 9.17) is 9.84 Å². The number of carboxylic acid groups (broad SMARTS) is 1. The zero-order valence-electron chi connectivity index (χ0n) is 9.74. The first-order valence-electron chi connectivity index (χ1n) is 5.28. The van der Waals surface area contributed by atoms with Crippen LogP contribution in [0.15, 0.2) is 11.2 Å². The number of hydrogen-bond donors (Lipinski definition) is 1. The van der Waals surface area contributed by atoms with Crippen molar-refractivity contribution in [3.8, 4) is 0 Å². The molecule has 0 amide bonds. The summed E-state index contributed by atoms with van der Waals surface area (Å²) >= 11 is 0. The first-order valence-corrected chi connectivity index (χ1v) is 6.72. The molecule has 2 rings (SSSR count). The Morgan fingerprint density at radius 1 is 1.44 bits per heavy atom. The van der Waals surface area contributed by atoms with Crippen molar-refractivity contribution in [3.63, 3.8) is 0 Å². The summed E-state index contributed by atoms with van der Waals surface area (Å²) < 4.78 is 31.9. The molecule has 1 aromatic heterocycles. The van der Waals surface area contributed by atoms with Gasteiger partial charge in [0.15, 0.2) is 0 Å². The van der Waals surface area contributed by atoms with Crippen LogP contribution in [0.4, 0.5) is 0 Å². The van der Waals surface area contributed by atoms with E-state index in [9.17, 15) is 13.2 Å². The number of carboxylic acids is 1. The number of ether oxygens (including phenoxy) is 1. The Hall–Kier alpha value is -1.45. The number of aromatic nitrogens is 2. The molecular formula is C9H13N3O5S. The first kappa shape index (κ1) is 13.0. The molecule has 0 unspecified atom stereocenters. The molecule has 1 N–H and O–H groups in total. The van der Waals surface area contributed by atoms with E-state index in [0.717, 1.165) is 0 Å². The normalized spacial score (nSPS) is 17.8. The molecule has 1 aliphatic rings. The summed E-state index contributed by atoms with van der Waals surface area (Å²) in [7, 11) is -2.40. The van der Waals surface area contributed by atoms with Gasteiger partial charge in [0, 0.05) is 26.3 Å². The van der Waals surface area contributed by atoms with Crippen molar-refractivity contribution in [1.29, 1.82) is 0 Å². The van der Waals surface area contributed by atoms with Crippen molar-refractivity contribution in [2.75, 3.05) is 26.3 Å². The summed E-state index contributed by atoms with van der Waals surface area (Å²) in [6.07, 6.45) is 1.18. The van der Waals surface area contributed by atoms with E-state index in [2.05, 4.69) is 5.10 Å². The van der Waals surface area contributed by atoms with Gasteiger partial charge in [-0.1, -0.05) is 0 Å². The van der Waals surface area contributed by atoms with Gasteiger partial charge < -0.3 is 9.84 Å². The third-order valence-corrected chi connectivity index (χ3v) is 4.41. The van der Waals surface area contributed by atoms with Crippen LogP contribution in [-0.4, -0.2) is 59.9 Å². The van der Waals surface area contributed by atoms with Gasteiger partial charge in [0.25, 0.3) is 10.0 Å². The van der Waals surface area contributed by atoms with Crippen molar-refractivity contribution in [3.05, 3.63) is 11.8 Å². The molecule has 2 heterocycles. The number of morpholine rings is 1. The van der Waals surface area contributed by atoms with Gasteiger partial charge in [-0.2, -0.15) is 9.40 Å². The number of nitrogens with zero attached hydrogens (tertiary/aromatic N) is 3. The standard InChI is InChI=1S/C9H13N3O5S/c1-11-6-7(9(13)14)8(10-11)18(15,16)12-2-4-17-5-3-12/h6H,2-5H2,1H3,(H,13,14). The summed E-state index contributed by atoms with van der Waals surface area (Å²) in [6, 6.07) is 0. The lowest BCUT2D eigenvalue weighted by Crippen LogP contribution is -2.41. The zero-order valence-corrected chi connectivity index (χ0v) is 10.6. The van der Waals surface area contributed by atoms with Gasteiger partial charge >= 0.3 is 5.97 Å². The molecule has 1 aliphatic heterocycles. The van der Waals surface area contributed by atoms with Crippen LogP contribution >= 0.6 is 0 Å². The molecule has 0 atom stereocenters. The quantitative estimate of drug-likeness (QED) is 0.770. The lowest BCUT2D eigenvalue weighted by atomic mass is 10.4. The van der Waals surface area contributed by atoms with E-state index < -0.39 is 21.0 Å². The van der Waals surface area contributed by atoms with E-state index in [-0.39, 0.29) is 18.7 Å². The van der Waals surface area contributed by atoms with Gasteiger partial charge in [-0.05, 0) is 0 Å². The summed E-state index contributed by atoms with van der Waals surface area (Å²) in [5.74, 6) is -1.31. The SMILES string of the molecule is Cn1cc(C(=O)O)c(S(=O)(=O)N2CCOCC2)n1. The molecule has 8 nitrogen and oxygen atoms in total. The molecule has 0 bridgehead atoms. The summed E-state index contributed by atoms with van der Waals surface area (Å²) in [4.78, 5) is 11.0. The van der Waals surface area contributed by atoms with E-state index in [1.807, 2.05) is 0 Å². The predicted molar refractivity (Wildman–Crippen MR) is 59.7 cm³/mol. The van der Waals surface area contributed by atoms with Crippen LogP contribution in [0, 0.1) is 0 Å². The van der Waals surface area contributed by atoms with Crippen molar-refractivity contribution in [1.82, 2.24) is 14.1 Å². The minimum absolute atomic E-state index is 0.206. The largest absolute Gasteiger partial charge is 0.478 e. The van der Waals surface area contributed by atoms with Gasteiger partial charge in [0.1, 0.15) is 5.56 Å². The van der Waals surface area contributed by atoms with Crippen LogP contribution in [0.25, 0.3) is 0 Å². The Balaban J connectivity index is 2.43. The predicted octanol–water partition coefficient (Wildman–Crippen LogP) is -0.861. The number of sulfonamides is 1. The number of carbonyl (C=O) groups is 1. The Kier molecular flexibility index (Phi) is 3.37. The molecule has 100 valence electrons. The maximum Gasteiger partial charge on any atom is 0.340 e. The lowest BCUT2D eigenvalue weighted by molar-refractivity contribution is 0.0688. The van der Waals surface area contributed by atoms with Gasteiger partial charge in [-0.25, -0.2) is 13.2 Å². The van der Waals surface area contributed by atoms with Gasteiger partial charge in [0.2, 0.25) is 5.03 Å². The summed E-state index contributed by atoms with van der Waals surface area (Å²) in [6.45, 7) is 1.01. The minimum atomic E-state index is -3.88. The highest BCUT2D eigenvalue weighted by Gasteiger charge is 2.33. The molecular weight excluding hydrogens is 262 g/mol. The fourth-order valence-corrected chi connectivity index (χ4v) is 3.24. The smallest absolute Gasteiger partial charge is 0.340 e. The molecule has 1 aromatic rings. The van der Waals surface area contributed by atoms with Gasteiger partial charge in [-0.3, -0.25) is 4.68 Å². The van der Waals surface area contributed by atoms with Crippen molar-refractivity contribution in [2.45, 2.75) is 5.03 Å². The van der Waals surface area contributed by atoms with Gasteiger partial charge in [0.05, 0.1) is 13.2 Å². The molecule has 0 aliphatic carbocycles. The topological polar surface area (TPSA) is 102 Å². The van der Waals surface area contributed by atoms with E-state index in [1.165, 1.54) is 22.2 Å². The van der Waals surface area contributed by atoms with E-state index >= 15 is 0 Å². The second-order valence-corrected chi connectivity index (χ2v) is 5.70. The molecule has 0 aromatic carbocycles. The first-order chi connectivity index (χ1) is 8.43. The van der Waals surface area contributed by atoms with Gasteiger partial charge in [-0.15, -0.1) is 0 Å². The summed E-state index contributed by atoms with van der Waals surface area (Å²) in [5.41, 5.74) is -0.316. The molecule has 18 heavy (non-hydrogen) atoms. The third-order valence-electron chi connectivity index (χ3n) is 2.58. The molecule has 1 saturated heterocycles. The maximum atomic E-state index is 12.3. The van der Waals surface area contributed by atoms with Crippen LogP contribution in [0.5, 0.6) is 0 Å². The Labute approximate surface area is 104 Å². The molecule has 1 fully saturated rings. The second-order valence-electron chi connectivity index (χ2n) is 3.84.